The normalized spacial score (nSPS) is 16.0. The highest BCUT2D eigenvalue weighted by Crippen LogP contribution is 2.23. The van der Waals surface area contributed by atoms with Crippen LogP contribution in [0.15, 0.2) is 12.1 Å². The van der Waals surface area contributed by atoms with Crippen molar-refractivity contribution in [3.05, 3.63) is 29.1 Å². The molecule has 6 heteroatoms. The van der Waals surface area contributed by atoms with Crippen molar-refractivity contribution >= 4 is 18.5 Å². The van der Waals surface area contributed by atoms with Crippen molar-refractivity contribution in [1.82, 2.24) is 9.80 Å². The SMILES string of the molecule is Cc1c(NC=O)ccc(F)c1CN1CCN(C=O)CC1. The Morgan fingerprint density at radius 3 is 2.55 bits per heavy atom. The molecule has 0 saturated carbocycles. The molecule has 108 valence electrons. The number of nitrogens with one attached hydrogen (secondary N) is 1. The summed E-state index contributed by atoms with van der Waals surface area (Å²) in [5, 5.41) is 2.58. The van der Waals surface area contributed by atoms with Gasteiger partial charge in [0.05, 0.1) is 0 Å². The van der Waals surface area contributed by atoms with Gasteiger partial charge in [-0.15, -0.1) is 0 Å². The Hall–Kier alpha value is -1.95. The number of carbonyl (C=O) groups is 2. The van der Waals surface area contributed by atoms with Crippen molar-refractivity contribution in [2.45, 2.75) is 13.5 Å². The summed E-state index contributed by atoms with van der Waals surface area (Å²) < 4.78 is 14.0. The van der Waals surface area contributed by atoms with Gasteiger partial charge in [-0.3, -0.25) is 14.5 Å². The monoisotopic (exact) mass is 279 g/mol. The molecule has 2 rings (SSSR count). The highest BCUT2D eigenvalue weighted by atomic mass is 19.1. The lowest BCUT2D eigenvalue weighted by atomic mass is 10.0. The van der Waals surface area contributed by atoms with E-state index in [0.29, 0.717) is 37.3 Å². The van der Waals surface area contributed by atoms with E-state index in [4.69, 9.17) is 0 Å². The maximum absolute atomic E-state index is 14.0. The van der Waals surface area contributed by atoms with Crippen LogP contribution in [0.25, 0.3) is 0 Å². The van der Waals surface area contributed by atoms with Crippen LogP contribution >= 0.6 is 0 Å². The molecule has 0 atom stereocenters. The summed E-state index contributed by atoms with van der Waals surface area (Å²) in [6.07, 6.45) is 1.44. The van der Waals surface area contributed by atoms with Crippen LogP contribution in [0, 0.1) is 12.7 Å². The number of nitrogens with zero attached hydrogens (tertiary/aromatic N) is 2. The topological polar surface area (TPSA) is 52.7 Å². The second kappa shape index (κ2) is 6.47. The summed E-state index contributed by atoms with van der Waals surface area (Å²) in [6, 6.07) is 2.93. The maximum atomic E-state index is 14.0. The van der Waals surface area contributed by atoms with Crippen LogP contribution < -0.4 is 5.32 Å². The fourth-order valence-corrected chi connectivity index (χ4v) is 2.39. The number of benzene rings is 1. The summed E-state index contributed by atoms with van der Waals surface area (Å²) in [6.45, 7) is 5.06. The number of carbonyl (C=O) groups excluding carboxylic acids is 2. The molecule has 1 aromatic carbocycles. The summed E-state index contributed by atoms with van der Waals surface area (Å²) in [5.41, 5.74) is 1.97. The minimum absolute atomic E-state index is 0.267. The Morgan fingerprint density at radius 1 is 1.25 bits per heavy atom. The van der Waals surface area contributed by atoms with Crippen LogP contribution in [0.4, 0.5) is 10.1 Å². The number of hydrogen-bond donors (Lipinski definition) is 1. The number of piperazine rings is 1. The van der Waals surface area contributed by atoms with E-state index in [0.717, 1.165) is 25.1 Å². The van der Waals surface area contributed by atoms with E-state index in [1.54, 1.807) is 17.9 Å². The van der Waals surface area contributed by atoms with Crippen LogP contribution in [0.3, 0.4) is 0 Å². The number of halogens is 1. The van der Waals surface area contributed by atoms with Gasteiger partial charge in [-0.05, 0) is 24.6 Å². The number of hydrogen-bond acceptors (Lipinski definition) is 3. The van der Waals surface area contributed by atoms with Crippen molar-refractivity contribution in [1.29, 1.82) is 0 Å². The van der Waals surface area contributed by atoms with Gasteiger partial charge in [0.2, 0.25) is 12.8 Å². The van der Waals surface area contributed by atoms with E-state index in [9.17, 15) is 14.0 Å². The first-order valence-corrected chi connectivity index (χ1v) is 6.55. The van der Waals surface area contributed by atoms with E-state index >= 15 is 0 Å². The van der Waals surface area contributed by atoms with Gasteiger partial charge >= 0.3 is 0 Å². The van der Waals surface area contributed by atoms with E-state index in [1.807, 2.05) is 0 Å². The first-order chi connectivity index (χ1) is 9.65. The standard InChI is InChI=1S/C14H18FN3O2/c1-11-12(13(15)2-3-14(11)16-9-19)8-17-4-6-18(10-20)7-5-17/h2-3,9-10H,4-8H2,1H3,(H,16,19). The largest absolute Gasteiger partial charge is 0.343 e. The summed E-state index contributed by atoms with van der Waals surface area (Å²) in [7, 11) is 0. The fourth-order valence-electron chi connectivity index (χ4n) is 2.39. The highest BCUT2D eigenvalue weighted by molar-refractivity contribution is 5.74. The predicted molar refractivity (Wildman–Crippen MR) is 73.7 cm³/mol. The minimum Gasteiger partial charge on any atom is -0.343 e. The molecular weight excluding hydrogens is 261 g/mol. The first kappa shape index (κ1) is 14.5. The molecule has 1 fully saturated rings. The Balaban J connectivity index is 2.11. The second-order valence-electron chi connectivity index (χ2n) is 4.88. The zero-order chi connectivity index (χ0) is 14.5. The Bertz CT molecular complexity index is 499. The molecule has 0 spiro atoms. The van der Waals surface area contributed by atoms with Gasteiger partial charge in [-0.2, -0.15) is 0 Å². The molecule has 0 aliphatic carbocycles. The van der Waals surface area contributed by atoms with Crippen LogP contribution in [-0.2, 0) is 16.1 Å². The van der Waals surface area contributed by atoms with Gasteiger partial charge in [0, 0.05) is 44.0 Å². The fraction of sp³-hybridized carbons (Fsp3) is 0.429. The number of rotatable bonds is 5. The third kappa shape index (κ3) is 3.14. The average molecular weight is 279 g/mol. The average Bonchev–Trinajstić information content (AvgIpc) is 2.47. The smallest absolute Gasteiger partial charge is 0.211 e. The molecule has 0 radical (unpaired) electrons. The predicted octanol–water partition coefficient (Wildman–Crippen LogP) is 0.976. The number of anilines is 1. The molecule has 0 bridgehead atoms. The third-order valence-electron chi connectivity index (χ3n) is 3.69. The highest BCUT2D eigenvalue weighted by Gasteiger charge is 2.18. The van der Waals surface area contributed by atoms with Crippen LogP contribution in [0.2, 0.25) is 0 Å². The first-order valence-electron chi connectivity index (χ1n) is 6.55. The molecule has 0 aromatic heterocycles. The molecule has 1 aliphatic heterocycles. The van der Waals surface area contributed by atoms with Gasteiger partial charge in [0.25, 0.3) is 0 Å². The molecule has 1 N–H and O–H groups in total. The lowest BCUT2D eigenvalue weighted by Gasteiger charge is -2.33. The van der Waals surface area contributed by atoms with E-state index in [-0.39, 0.29) is 5.82 Å². The van der Waals surface area contributed by atoms with Crippen LogP contribution in [0.5, 0.6) is 0 Å². The van der Waals surface area contributed by atoms with Gasteiger partial charge < -0.3 is 10.2 Å². The van der Waals surface area contributed by atoms with E-state index in [2.05, 4.69) is 10.2 Å². The van der Waals surface area contributed by atoms with Crippen molar-refractivity contribution in [2.24, 2.45) is 0 Å². The van der Waals surface area contributed by atoms with Gasteiger partial charge in [-0.25, -0.2) is 4.39 Å². The Morgan fingerprint density at radius 2 is 1.95 bits per heavy atom. The quantitative estimate of drug-likeness (QED) is 0.817. The molecule has 1 heterocycles. The molecule has 0 unspecified atom stereocenters. The van der Waals surface area contributed by atoms with Gasteiger partial charge in [0.1, 0.15) is 5.82 Å². The molecule has 2 amide bonds. The van der Waals surface area contributed by atoms with E-state index < -0.39 is 0 Å². The summed E-state index contributed by atoms with van der Waals surface area (Å²) in [5.74, 6) is -0.267. The Labute approximate surface area is 117 Å². The minimum atomic E-state index is -0.267. The van der Waals surface area contributed by atoms with Crippen LogP contribution in [0.1, 0.15) is 11.1 Å². The zero-order valence-corrected chi connectivity index (χ0v) is 11.4. The lowest BCUT2D eigenvalue weighted by Crippen LogP contribution is -2.45. The summed E-state index contributed by atoms with van der Waals surface area (Å²) >= 11 is 0. The van der Waals surface area contributed by atoms with Crippen molar-refractivity contribution in [2.75, 3.05) is 31.5 Å². The van der Waals surface area contributed by atoms with Crippen LogP contribution in [-0.4, -0.2) is 48.8 Å². The molecule has 1 saturated heterocycles. The van der Waals surface area contributed by atoms with Gasteiger partial charge in [-0.1, -0.05) is 0 Å². The van der Waals surface area contributed by atoms with Crippen molar-refractivity contribution in [3.63, 3.8) is 0 Å². The lowest BCUT2D eigenvalue weighted by molar-refractivity contribution is -0.119. The number of amides is 2. The Kier molecular flexibility index (Phi) is 4.68. The molecule has 1 aromatic rings. The molecule has 1 aliphatic rings. The zero-order valence-electron chi connectivity index (χ0n) is 11.4. The molecule has 20 heavy (non-hydrogen) atoms. The third-order valence-corrected chi connectivity index (χ3v) is 3.69. The maximum Gasteiger partial charge on any atom is 0.211 e. The molecule has 5 nitrogen and oxygen atoms in total. The second-order valence-corrected chi connectivity index (χ2v) is 4.88. The summed E-state index contributed by atoms with van der Waals surface area (Å²) in [4.78, 5) is 25.0. The van der Waals surface area contributed by atoms with Crippen molar-refractivity contribution in [3.8, 4) is 0 Å². The van der Waals surface area contributed by atoms with E-state index in [1.165, 1.54) is 6.07 Å². The molecular formula is C14H18FN3O2. The van der Waals surface area contributed by atoms with Crippen molar-refractivity contribution < 1.29 is 14.0 Å². The van der Waals surface area contributed by atoms with Gasteiger partial charge in [0.15, 0.2) is 0 Å².